The van der Waals surface area contributed by atoms with Gasteiger partial charge in [0.15, 0.2) is 0 Å². The van der Waals surface area contributed by atoms with Gasteiger partial charge in [-0.2, -0.15) is 0 Å². The largest absolute Gasteiger partial charge is 0.348 e. The van der Waals surface area contributed by atoms with Gasteiger partial charge in [-0.1, -0.05) is 22.6 Å². The van der Waals surface area contributed by atoms with Gasteiger partial charge in [-0.3, -0.25) is 4.79 Å². The van der Waals surface area contributed by atoms with Crippen LogP contribution in [0, 0.1) is 6.92 Å². The van der Waals surface area contributed by atoms with Gasteiger partial charge >= 0.3 is 0 Å². The van der Waals surface area contributed by atoms with Gasteiger partial charge in [-0.05, 0) is 24.8 Å². The zero-order valence-corrected chi connectivity index (χ0v) is 10.4. The fourth-order valence-corrected chi connectivity index (χ4v) is 3.60. The Kier molecular flexibility index (Phi) is 2.35. The minimum atomic E-state index is 0.0918. The van der Waals surface area contributed by atoms with Crippen molar-refractivity contribution in [2.45, 2.75) is 23.8 Å². The molecule has 0 radical (unpaired) electrons. The lowest BCUT2D eigenvalue weighted by molar-refractivity contribution is 0.0930. The van der Waals surface area contributed by atoms with Crippen LogP contribution in [0.1, 0.15) is 31.6 Å². The Balaban J connectivity index is 2.56. The molecule has 1 aliphatic rings. The van der Waals surface area contributed by atoms with E-state index in [1.807, 2.05) is 13.8 Å². The number of carbonyl (C=O) groups excluding carboxylic acids is 1. The van der Waals surface area contributed by atoms with Gasteiger partial charge in [0.1, 0.15) is 0 Å². The lowest BCUT2D eigenvalue weighted by atomic mass is 10.0. The molecular weight excluding hydrogens is 297 g/mol. The summed E-state index contributed by atoms with van der Waals surface area (Å²) < 4.78 is 0.420. The van der Waals surface area contributed by atoms with Crippen LogP contribution >= 0.6 is 33.9 Å². The maximum absolute atomic E-state index is 11.6. The Bertz CT molecular complexity index is 360. The number of thiophene rings is 1. The second-order valence-electron chi connectivity index (χ2n) is 3.32. The second-order valence-corrected chi connectivity index (χ2v) is 5.58. The molecule has 0 fully saturated rings. The van der Waals surface area contributed by atoms with E-state index in [0.717, 1.165) is 11.1 Å². The summed E-state index contributed by atoms with van der Waals surface area (Å²) in [6, 6.07) is 0.249. The predicted octanol–water partition coefficient (Wildman–Crippen LogP) is 2.66. The van der Waals surface area contributed by atoms with Crippen molar-refractivity contribution < 1.29 is 4.79 Å². The Hall–Kier alpha value is -0.100. The maximum atomic E-state index is 11.6. The first kappa shape index (κ1) is 9.45. The lowest BCUT2D eigenvalue weighted by Crippen LogP contribution is -2.40. The molecule has 1 aromatic rings. The molecule has 0 aliphatic carbocycles. The Morgan fingerprint density at radius 3 is 3.00 bits per heavy atom. The van der Waals surface area contributed by atoms with E-state index >= 15 is 0 Å². The van der Waals surface area contributed by atoms with Gasteiger partial charge in [0.05, 0.1) is 9.49 Å². The molecule has 0 bridgehead atoms. The predicted molar refractivity (Wildman–Crippen MR) is 62.7 cm³/mol. The smallest absolute Gasteiger partial charge is 0.252 e. The van der Waals surface area contributed by atoms with Crippen LogP contribution in [0.5, 0.6) is 0 Å². The van der Waals surface area contributed by atoms with Crippen molar-refractivity contribution in [1.29, 1.82) is 0 Å². The van der Waals surface area contributed by atoms with Crippen LogP contribution < -0.4 is 5.32 Å². The topological polar surface area (TPSA) is 29.1 Å². The zero-order valence-electron chi connectivity index (χ0n) is 7.43. The van der Waals surface area contributed by atoms with E-state index < -0.39 is 0 Å². The summed E-state index contributed by atoms with van der Waals surface area (Å²) in [7, 11) is 0. The lowest BCUT2D eigenvalue weighted by Gasteiger charge is -2.25. The summed E-state index contributed by atoms with van der Waals surface area (Å²) in [6.07, 6.45) is 0. The quantitative estimate of drug-likeness (QED) is 0.579. The number of hydrogen-bond donors (Lipinski definition) is 1. The molecule has 0 saturated carbocycles. The highest BCUT2D eigenvalue weighted by atomic mass is 127. The standard InChI is InChI=1S/C9H10INOS/c1-4-3-13-8-6(4)9(12)11-5(2)7(8)10/h3,5,7H,1-2H3,(H,11,12). The maximum Gasteiger partial charge on any atom is 0.252 e. The summed E-state index contributed by atoms with van der Waals surface area (Å²) in [5.74, 6) is 0.0918. The highest BCUT2D eigenvalue weighted by molar-refractivity contribution is 14.1. The zero-order chi connectivity index (χ0) is 9.59. The average molecular weight is 307 g/mol. The van der Waals surface area contributed by atoms with Crippen LogP contribution in [0.4, 0.5) is 0 Å². The molecule has 2 rings (SSSR count). The molecule has 2 unspecified atom stereocenters. The van der Waals surface area contributed by atoms with Crippen molar-refractivity contribution >= 4 is 39.8 Å². The number of halogens is 1. The average Bonchev–Trinajstić information content (AvgIpc) is 2.44. The first-order valence-electron chi connectivity index (χ1n) is 4.14. The third-order valence-corrected chi connectivity index (χ3v) is 5.59. The van der Waals surface area contributed by atoms with E-state index in [0.29, 0.717) is 3.92 Å². The van der Waals surface area contributed by atoms with E-state index in [1.54, 1.807) is 11.3 Å². The molecule has 0 saturated heterocycles. The summed E-state index contributed by atoms with van der Waals surface area (Å²) in [5.41, 5.74) is 2.01. The molecule has 1 aliphatic heterocycles. The summed E-state index contributed by atoms with van der Waals surface area (Å²) in [4.78, 5) is 12.8. The SMILES string of the molecule is Cc1csc2c1C(=O)NC(C)C2I. The number of alkyl halides is 1. The minimum Gasteiger partial charge on any atom is -0.348 e. The molecule has 2 nitrogen and oxygen atoms in total. The van der Waals surface area contributed by atoms with Gasteiger partial charge in [0, 0.05) is 10.9 Å². The van der Waals surface area contributed by atoms with Crippen molar-refractivity contribution in [3.8, 4) is 0 Å². The first-order valence-corrected chi connectivity index (χ1v) is 6.26. The van der Waals surface area contributed by atoms with E-state index in [9.17, 15) is 4.79 Å². The van der Waals surface area contributed by atoms with Gasteiger partial charge < -0.3 is 5.32 Å². The number of hydrogen-bond acceptors (Lipinski definition) is 2. The normalized spacial score (nSPS) is 26.8. The monoisotopic (exact) mass is 307 g/mol. The Morgan fingerprint density at radius 2 is 2.31 bits per heavy atom. The van der Waals surface area contributed by atoms with Crippen molar-refractivity contribution in [1.82, 2.24) is 5.32 Å². The number of nitrogens with one attached hydrogen (secondary N) is 1. The molecule has 13 heavy (non-hydrogen) atoms. The summed E-state index contributed by atoms with van der Waals surface area (Å²) in [5, 5.41) is 5.04. The van der Waals surface area contributed by atoms with Gasteiger partial charge in [0.2, 0.25) is 0 Å². The van der Waals surface area contributed by atoms with Gasteiger partial charge in [-0.15, -0.1) is 11.3 Å². The van der Waals surface area contributed by atoms with Crippen LogP contribution in [-0.2, 0) is 0 Å². The molecule has 0 spiro atoms. The highest BCUT2D eigenvalue weighted by Crippen LogP contribution is 2.38. The molecule has 2 atom stereocenters. The third-order valence-electron chi connectivity index (χ3n) is 2.28. The molecule has 0 aromatic carbocycles. The minimum absolute atomic E-state index is 0.0918. The van der Waals surface area contributed by atoms with E-state index in [1.165, 1.54) is 4.88 Å². The van der Waals surface area contributed by atoms with E-state index in [-0.39, 0.29) is 11.9 Å². The third kappa shape index (κ3) is 1.40. The number of carbonyl (C=O) groups is 1. The van der Waals surface area contributed by atoms with Crippen LogP contribution in [0.25, 0.3) is 0 Å². The van der Waals surface area contributed by atoms with Crippen molar-refractivity contribution in [3.63, 3.8) is 0 Å². The Morgan fingerprint density at radius 1 is 1.62 bits per heavy atom. The molecule has 1 amide bonds. The Labute approximate surface area is 94.9 Å². The molecule has 2 heterocycles. The van der Waals surface area contributed by atoms with Gasteiger partial charge in [0.25, 0.3) is 5.91 Å². The van der Waals surface area contributed by atoms with E-state index in [4.69, 9.17) is 0 Å². The van der Waals surface area contributed by atoms with Gasteiger partial charge in [-0.25, -0.2) is 0 Å². The van der Waals surface area contributed by atoms with Crippen molar-refractivity contribution in [2.24, 2.45) is 0 Å². The fraction of sp³-hybridized carbons (Fsp3) is 0.444. The number of rotatable bonds is 0. The summed E-state index contributed by atoms with van der Waals surface area (Å²) in [6.45, 7) is 4.04. The summed E-state index contributed by atoms with van der Waals surface area (Å²) >= 11 is 4.09. The molecule has 1 aromatic heterocycles. The molecular formula is C9H10INOS. The number of aryl methyl sites for hydroxylation is 1. The highest BCUT2D eigenvalue weighted by Gasteiger charge is 2.31. The van der Waals surface area contributed by atoms with Crippen molar-refractivity contribution in [2.75, 3.05) is 0 Å². The van der Waals surface area contributed by atoms with E-state index in [2.05, 4.69) is 33.3 Å². The second kappa shape index (κ2) is 3.24. The molecule has 4 heteroatoms. The van der Waals surface area contributed by atoms with Crippen LogP contribution in [0.15, 0.2) is 5.38 Å². The first-order chi connectivity index (χ1) is 6.11. The molecule has 70 valence electrons. The van der Waals surface area contributed by atoms with Crippen LogP contribution in [0.3, 0.4) is 0 Å². The molecule has 1 N–H and O–H groups in total. The fourth-order valence-electron chi connectivity index (χ4n) is 1.54. The van der Waals surface area contributed by atoms with Crippen LogP contribution in [0.2, 0.25) is 0 Å². The van der Waals surface area contributed by atoms with Crippen molar-refractivity contribution in [3.05, 3.63) is 21.4 Å². The number of fused-ring (bicyclic) bond motifs is 1. The number of amides is 1. The van der Waals surface area contributed by atoms with Crippen LogP contribution in [-0.4, -0.2) is 11.9 Å².